The molecule has 0 rings (SSSR count). The van der Waals surface area contributed by atoms with E-state index in [1.807, 2.05) is 0 Å². The van der Waals surface area contributed by atoms with Crippen LogP contribution < -0.4 is 24.0 Å². The predicted molar refractivity (Wildman–Crippen MR) is 67.6 cm³/mol. The molecule has 170 valence electrons. The first-order valence-corrected chi connectivity index (χ1v) is 5.37. The van der Waals surface area contributed by atoms with Crippen LogP contribution in [-0.2, 0) is 47.9 Å². The van der Waals surface area contributed by atoms with E-state index in [-0.39, 0.29) is 18.9 Å². The van der Waals surface area contributed by atoms with E-state index in [1.54, 1.807) is 0 Å². The molecular formula is C10H5F4LiO16. The molecule has 0 heterocycles. The van der Waals surface area contributed by atoms with Crippen molar-refractivity contribution in [2.45, 2.75) is 0 Å². The molecule has 0 aliphatic rings. The van der Waals surface area contributed by atoms with E-state index in [1.165, 1.54) is 0 Å². The molecule has 5 N–H and O–H groups in total. The first-order valence-electron chi connectivity index (χ1n) is 5.37. The van der Waals surface area contributed by atoms with Crippen LogP contribution in [-0.4, -0.2) is 85.5 Å². The molecule has 0 aromatic rings. The van der Waals surface area contributed by atoms with Crippen LogP contribution in [0.5, 0.6) is 0 Å². The molecule has 0 aliphatic heterocycles. The van der Waals surface area contributed by atoms with Gasteiger partial charge in [0.2, 0.25) is 0 Å². The van der Waals surface area contributed by atoms with E-state index in [9.17, 15) is 17.6 Å². The minimum atomic E-state index is -2.32. The van der Waals surface area contributed by atoms with Crippen LogP contribution in [0.25, 0.3) is 0 Å². The molecule has 21 heteroatoms. The average Bonchev–Trinajstić information content (AvgIpc) is 2.56. The molecule has 0 spiro atoms. The van der Waals surface area contributed by atoms with Crippen molar-refractivity contribution in [1.82, 2.24) is 0 Å². The molecule has 0 aliphatic carbocycles. The molecule has 0 unspecified atom stereocenters. The Morgan fingerprint density at radius 3 is 0.484 bits per heavy atom. The minimum absolute atomic E-state index is 0. The van der Waals surface area contributed by atoms with Crippen molar-refractivity contribution in [3.8, 4) is 0 Å². The zero-order valence-electron chi connectivity index (χ0n) is 14.2. The van der Waals surface area contributed by atoms with Crippen molar-refractivity contribution in [1.29, 1.82) is 0 Å². The Hall–Kier alpha value is -4.18. The number of hydrogen-bond donors (Lipinski definition) is 5. The molecule has 0 bridgehead atoms. The van der Waals surface area contributed by atoms with Crippen LogP contribution in [0.2, 0.25) is 0 Å². The Morgan fingerprint density at radius 2 is 0.484 bits per heavy atom. The third kappa shape index (κ3) is 58.5. The second kappa shape index (κ2) is 23.9. The van der Waals surface area contributed by atoms with Crippen molar-refractivity contribution < 1.29 is 115 Å². The molecule has 0 aromatic carbocycles. The van der Waals surface area contributed by atoms with Gasteiger partial charge in [0.1, 0.15) is 0 Å². The zero-order chi connectivity index (χ0) is 25.8. The Bertz CT molecular complexity index is 518. The molecule has 16 nitrogen and oxygen atoms in total. The maximum Gasteiger partial charge on any atom is 1.00 e. The summed E-state index contributed by atoms with van der Waals surface area (Å²) in [5.41, 5.74) is 0. The Labute approximate surface area is 175 Å². The number of halogens is 4. The molecule has 0 saturated carbocycles. The number of carbonyl (C=O) groups is 10. The Morgan fingerprint density at radius 1 is 0.419 bits per heavy atom. The fourth-order valence-corrected chi connectivity index (χ4v) is 0. The van der Waals surface area contributed by atoms with Crippen LogP contribution in [0.15, 0.2) is 0 Å². The summed E-state index contributed by atoms with van der Waals surface area (Å²) in [5, 5.41) is 45.4. The number of hydrogen-bond acceptors (Lipinski definition) is 11. The van der Waals surface area contributed by atoms with Gasteiger partial charge in [-0.25, -0.2) is 43.2 Å². The fraction of sp³-hybridized carbons (Fsp3) is 0. The van der Waals surface area contributed by atoms with Gasteiger partial charge in [-0.2, -0.15) is 17.6 Å². The zero-order valence-corrected chi connectivity index (χ0v) is 14.2. The molecular weight excluding hydrogens is 459 g/mol. The summed E-state index contributed by atoms with van der Waals surface area (Å²) in [6.45, 7) is 0. The average molecular weight is 464 g/mol. The van der Waals surface area contributed by atoms with Gasteiger partial charge >= 0.3 is 72.9 Å². The van der Waals surface area contributed by atoms with Crippen LogP contribution in [0.3, 0.4) is 0 Å². The number of aliphatic carboxylic acids is 6. The number of carboxylic acids is 6. The quantitative estimate of drug-likeness (QED) is 0.112. The molecule has 0 amide bonds. The van der Waals surface area contributed by atoms with Crippen molar-refractivity contribution in [2.75, 3.05) is 0 Å². The number of carbonyl (C=O) groups excluding carboxylic acids is 5. The van der Waals surface area contributed by atoms with E-state index in [2.05, 4.69) is 0 Å². The second-order valence-corrected chi connectivity index (χ2v) is 2.91. The standard InChI is InChI=1S/4C2HFO3.C2H2O4.Li/c5*3-1(4)2(5)6;/h4*(H,5,6);(H,3,4)(H,5,6);/q;;;;;+1/p-1. The number of carboxylic acid groups (broad SMARTS) is 6. The van der Waals surface area contributed by atoms with E-state index in [4.69, 9.17) is 78.6 Å². The van der Waals surface area contributed by atoms with Gasteiger partial charge in [-0.3, -0.25) is 0 Å². The first-order chi connectivity index (χ1) is 13.2. The van der Waals surface area contributed by atoms with Gasteiger partial charge in [0.25, 0.3) is 0 Å². The molecule has 0 fully saturated rings. The number of rotatable bonds is 4. The van der Waals surface area contributed by atoms with E-state index >= 15 is 0 Å². The molecule has 0 aromatic heterocycles. The summed E-state index contributed by atoms with van der Waals surface area (Å²) in [7, 11) is 0. The van der Waals surface area contributed by atoms with Gasteiger partial charge in [0, 0.05) is 0 Å². The molecule has 31 heavy (non-hydrogen) atoms. The van der Waals surface area contributed by atoms with Crippen LogP contribution >= 0.6 is 0 Å². The third-order valence-electron chi connectivity index (χ3n) is 0.847. The van der Waals surface area contributed by atoms with E-state index < -0.39 is 60.0 Å². The summed E-state index contributed by atoms with van der Waals surface area (Å²) in [6.07, 6.45) is 0. The summed E-state index contributed by atoms with van der Waals surface area (Å²) >= 11 is 0. The predicted octanol–water partition coefficient (Wildman–Crippen LogP) is -6.91. The SMILES string of the molecule is O=C(O)C(=O)F.O=C(O)C(=O)F.O=C(O)C(=O)F.O=C(O)C(=O)F.O=C([O-])C(=O)O.[Li+]. The van der Waals surface area contributed by atoms with E-state index in [0.29, 0.717) is 0 Å². The first kappa shape index (κ1) is 41.2. The molecule has 0 atom stereocenters. The second-order valence-electron chi connectivity index (χ2n) is 2.91. The Kier molecular flexibility index (Phi) is 31.7. The van der Waals surface area contributed by atoms with Crippen LogP contribution in [0.4, 0.5) is 17.6 Å². The van der Waals surface area contributed by atoms with E-state index in [0.717, 1.165) is 0 Å². The van der Waals surface area contributed by atoms with Gasteiger partial charge in [-0.15, -0.1) is 0 Å². The van der Waals surface area contributed by atoms with Crippen molar-refractivity contribution in [3.63, 3.8) is 0 Å². The van der Waals surface area contributed by atoms with Crippen LogP contribution in [0, 0.1) is 0 Å². The van der Waals surface area contributed by atoms with Crippen molar-refractivity contribution >= 4 is 60.0 Å². The Balaban J connectivity index is -0.0000000625. The maximum absolute atomic E-state index is 10.6. The normalized spacial score (nSPS) is 7.23. The monoisotopic (exact) mass is 464 g/mol. The summed E-state index contributed by atoms with van der Waals surface area (Å²) < 4.78 is 42.3. The summed E-state index contributed by atoms with van der Waals surface area (Å²) in [6, 6.07) is -9.30. The van der Waals surface area contributed by atoms with Gasteiger partial charge in [0.05, 0.1) is 0 Å². The van der Waals surface area contributed by atoms with Crippen molar-refractivity contribution in [2.24, 2.45) is 0 Å². The maximum atomic E-state index is 10.6. The molecule has 0 radical (unpaired) electrons. The summed E-state index contributed by atoms with van der Waals surface area (Å²) in [4.78, 5) is 89.4. The van der Waals surface area contributed by atoms with Gasteiger partial charge in [-0.05, 0) is 0 Å². The van der Waals surface area contributed by atoms with Crippen LogP contribution in [0.1, 0.15) is 0 Å². The topological polar surface area (TPSA) is 295 Å². The van der Waals surface area contributed by atoms with Crippen molar-refractivity contribution in [3.05, 3.63) is 0 Å². The summed E-state index contributed by atoms with van der Waals surface area (Å²) in [5.74, 6) is -12.2. The third-order valence-corrected chi connectivity index (χ3v) is 0.847. The van der Waals surface area contributed by atoms with Gasteiger partial charge in [-0.1, -0.05) is 0 Å². The smallest absolute Gasteiger partial charge is 0.539 e. The van der Waals surface area contributed by atoms with Gasteiger partial charge in [0.15, 0.2) is 5.97 Å². The van der Waals surface area contributed by atoms with Gasteiger partial charge < -0.3 is 35.4 Å². The largest absolute Gasteiger partial charge is 1.00 e. The fourth-order valence-electron chi connectivity index (χ4n) is 0. The molecule has 0 saturated heterocycles. The minimum Gasteiger partial charge on any atom is -0.539 e.